The van der Waals surface area contributed by atoms with E-state index in [1.54, 1.807) is 31.2 Å². The van der Waals surface area contributed by atoms with Crippen molar-refractivity contribution >= 4 is 21.6 Å². The van der Waals surface area contributed by atoms with Gasteiger partial charge in [-0.3, -0.25) is 4.79 Å². The van der Waals surface area contributed by atoms with Crippen LogP contribution in [0.1, 0.15) is 17.2 Å². The number of amides is 1. The van der Waals surface area contributed by atoms with Gasteiger partial charge in [-0.25, -0.2) is 12.7 Å². The van der Waals surface area contributed by atoms with Crippen LogP contribution in [0.4, 0.5) is 5.69 Å². The van der Waals surface area contributed by atoms with Crippen molar-refractivity contribution in [2.24, 2.45) is 0 Å². The van der Waals surface area contributed by atoms with Crippen molar-refractivity contribution in [3.63, 3.8) is 0 Å². The Balaban J connectivity index is 1.91. The largest absolute Gasteiger partial charge is 0.476 e. The number of hydrogen-bond donors (Lipinski definition) is 1. The van der Waals surface area contributed by atoms with E-state index in [4.69, 9.17) is 4.74 Å². The highest BCUT2D eigenvalue weighted by molar-refractivity contribution is 7.89. The number of nitrogens with zero attached hydrogens (tertiary/aromatic N) is 1. The van der Waals surface area contributed by atoms with Crippen LogP contribution in [0.5, 0.6) is 5.75 Å². The van der Waals surface area contributed by atoms with E-state index in [1.807, 2.05) is 48.5 Å². The Morgan fingerprint density at radius 2 is 1.53 bits per heavy atom. The number of para-hydroxylation sites is 1. The maximum absolute atomic E-state index is 13.1. The Morgan fingerprint density at radius 3 is 2.13 bits per heavy atom. The van der Waals surface area contributed by atoms with Gasteiger partial charge in [0, 0.05) is 25.3 Å². The smallest absolute Gasteiger partial charge is 0.270 e. The molecule has 1 unspecified atom stereocenters. The molecule has 7 heteroatoms. The second-order valence-electron chi connectivity index (χ2n) is 6.98. The maximum Gasteiger partial charge on any atom is 0.270 e. The van der Waals surface area contributed by atoms with Gasteiger partial charge in [-0.2, -0.15) is 0 Å². The van der Waals surface area contributed by atoms with Gasteiger partial charge in [0.25, 0.3) is 5.91 Å². The van der Waals surface area contributed by atoms with Crippen LogP contribution in [0, 0.1) is 6.92 Å². The molecule has 6 nitrogen and oxygen atoms in total. The van der Waals surface area contributed by atoms with E-state index in [0.29, 0.717) is 22.6 Å². The molecule has 0 aliphatic rings. The summed E-state index contributed by atoms with van der Waals surface area (Å²) in [5.41, 5.74) is 1.66. The fourth-order valence-electron chi connectivity index (χ4n) is 2.90. The van der Waals surface area contributed by atoms with E-state index in [1.165, 1.54) is 20.2 Å². The first kappa shape index (κ1) is 21.5. The van der Waals surface area contributed by atoms with Crippen LogP contribution in [-0.4, -0.2) is 32.7 Å². The zero-order valence-electron chi connectivity index (χ0n) is 17.1. The molecule has 1 amide bonds. The lowest BCUT2D eigenvalue weighted by Crippen LogP contribution is -2.26. The first-order chi connectivity index (χ1) is 14.3. The molecule has 3 aromatic rings. The molecule has 0 saturated carbocycles. The van der Waals surface area contributed by atoms with Gasteiger partial charge in [0.1, 0.15) is 5.75 Å². The highest BCUT2D eigenvalue weighted by Gasteiger charge is 2.25. The Kier molecular flexibility index (Phi) is 6.54. The minimum absolute atomic E-state index is 0.144. The van der Waals surface area contributed by atoms with Crippen molar-refractivity contribution in [3.05, 3.63) is 90.0 Å². The first-order valence-corrected chi connectivity index (χ1v) is 10.8. The third kappa shape index (κ3) is 4.87. The molecule has 0 aromatic heterocycles. The molecule has 0 fully saturated rings. The van der Waals surface area contributed by atoms with Crippen LogP contribution in [0.15, 0.2) is 83.8 Å². The highest BCUT2D eigenvalue weighted by Crippen LogP contribution is 2.26. The Bertz CT molecular complexity index is 1110. The number of benzene rings is 3. The third-order valence-corrected chi connectivity index (χ3v) is 6.51. The van der Waals surface area contributed by atoms with Crippen LogP contribution in [0.3, 0.4) is 0 Å². The van der Waals surface area contributed by atoms with Gasteiger partial charge in [-0.05, 0) is 36.8 Å². The summed E-state index contributed by atoms with van der Waals surface area (Å²) in [5.74, 6) is 0.156. The lowest BCUT2D eigenvalue weighted by molar-refractivity contribution is -0.123. The summed E-state index contributed by atoms with van der Waals surface area (Å²) in [6, 6.07) is 23.0. The number of rotatable bonds is 7. The number of nitrogens with one attached hydrogen (secondary N) is 1. The molecule has 0 aliphatic carbocycles. The number of carbonyl (C=O) groups excluding carboxylic acids is 1. The summed E-state index contributed by atoms with van der Waals surface area (Å²) in [6.45, 7) is 1.72. The molecule has 3 aromatic carbocycles. The van der Waals surface area contributed by atoms with Gasteiger partial charge in [0.2, 0.25) is 16.1 Å². The zero-order valence-corrected chi connectivity index (χ0v) is 17.9. The van der Waals surface area contributed by atoms with E-state index >= 15 is 0 Å². The fraction of sp³-hybridized carbons (Fsp3) is 0.174. The molecule has 0 spiro atoms. The number of aryl methyl sites for hydroxylation is 1. The Labute approximate surface area is 177 Å². The number of carbonyl (C=O) groups is 1. The molecule has 0 heterocycles. The molecule has 1 atom stereocenters. The molecular formula is C23H24N2O4S. The summed E-state index contributed by atoms with van der Waals surface area (Å²) >= 11 is 0. The van der Waals surface area contributed by atoms with Crippen LogP contribution in [0.2, 0.25) is 0 Å². The van der Waals surface area contributed by atoms with Crippen molar-refractivity contribution in [1.82, 2.24) is 4.31 Å². The first-order valence-electron chi connectivity index (χ1n) is 9.40. The van der Waals surface area contributed by atoms with Crippen molar-refractivity contribution in [3.8, 4) is 5.75 Å². The average molecular weight is 425 g/mol. The fourth-order valence-corrected chi connectivity index (χ4v) is 4.04. The van der Waals surface area contributed by atoms with Gasteiger partial charge >= 0.3 is 0 Å². The van der Waals surface area contributed by atoms with Crippen LogP contribution < -0.4 is 10.1 Å². The minimum Gasteiger partial charge on any atom is -0.476 e. The molecule has 0 bridgehead atoms. The zero-order chi connectivity index (χ0) is 21.7. The summed E-state index contributed by atoms with van der Waals surface area (Å²) < 4.78 is 32.3. The lowest BCUT2D eigenvalue weighted by atomic mass is 10.1. The Hall–Kier alpha value is -3.16. The maximum atomic E-state index is 13.1. The molecule has 0 saturated heterocycles. The summed E-state index contributed by atoms with van der Waals surface area (Å²) in [6.07, 6.45) is -0.899. The van der Waals surface area contributed by atoms with Crippen molar-refractivity contribution in [1.29, 1.82) is 0 Å². The van der Waals surface area contributed by atoms with Crippen LogP contribution in [-0.2, 0) is 14.8 Å². The van der Waals surface area contributed by atoms with E-state index in [-0.39, 0.29) is 4.90 Å². The molecule has 30 heavy (non-hydrogen) atoms. The standard InChI is InChI=1S/C23H24N2O4S/c1-17-14-15-19(16-21(17)30(27,28)25(2)3)24-23(26)22(18-10-6-4-7-11-18)29-20-12-8-5-9-13-20/h4-16,22H,1-3H3,(H,24,26). The van der Waals surface area contributed by atoms with Gasteiger partial charge < -0.3 is 10.1 Å². The van der Waals surface area contributed by atoms with Gasteiger partial charge in [-0.15, -0.1) is 0 Å². The SMILES string of the molecule is Cc1ccc(NC(=O)C(Oc2ccccc2)c2ccccc2)cc1S(=O)(=O)N(C)C. The third-order valence-electron chi connectivity index (χ3n) is 4.55. The predicted octanol–water partition coefficient (Wildman–Crippen LogP) is 4.00. The van der Waals surface area contributed by atoms with Gasteiger partial charge in [-0.1, -0.05) is 54.6 Å². The number of sulfonamides is 1. The minimum atomic E-state index is -3.64. The van der Waals surface area contributed by atoms with Crippen molar-refractivity contribution in [2.75, 3.05) is 19.4 Å². The number of hydrogen-bond acceptors (Lipinski definition) is 4. The van der Waals surface area contributed by atoms with E-state index in [0.717, 1.165) is 4.31 Å². The molecular weight excluding hydrogens is 400 g/mol. The number of anilines is 1. The lowest BCUT2D eigenvalue weighted by Gasteiger charge is -2.20. The van der Waals surface area contributed by atoms with Crippen molar-refractivity contribution < 1.29 is 17.9 Å². The van der Waals surface area contributed by atoms with Gasteiger partial charge in [0.05, 0.1) is 4.90 Å². The quantitative estimate of drug-likeness (QED) is 0.622. The molecule has 0 aliphatic heterocycles. The second-order valence-corrected chi connectivity index (χ2v) is 9.10. The summed E-state index contributed by atoms with van der Waals surface area (Å²) in [5, 5.41) is 2.79. The predicted molar refractivity (Wildman–Crippen MR) is 117 cm³/mol. The van der Waals surface area contributed by atoms with E-state index in [2.05, 4.69) is 5.32 Å². The summed E-state index contributed by atoms with van der Waals surface area (Å²) in [7, 11) is -0.693. The second kappa shape index (κ2) is 9.11. The van der Waals surface area contributed by atoms with Crippen molar-refractivity contribution in [2.45, 2.75) is 17.9 Å². The van der Waals surface area contributed by atoms with Crippen LogP contribution in [0.25, 0.3) is 0 Å². The average Bonchev–Trinajstić information content (AvgIpc) is 2.74. The molecule has 3 rings (SSSR count). The van der Waals surface area contributed by atoms with E-state index < -0.39 is 22.0 Å². The topological polar surface area (TPSA) is 75.7 Å². The Morgan fingerprint density at radius 1 is 0.933 bits per heavy atom. The van der Waals surface area contributed by atoms with E-state index in [9.17, 15) is 13.2 Å². The molecule has 156 valence electrons. The van der Waals surface area contributed by atoms with Gasteiger partial charge in [0.15, 0.2) is 0 Å². The number of ether oxygens (including phenoxy) is 1. The molecule has 1 N–H and O–H groups in total. The highest BCUT2D eigenvalue weighted by atomic mass is 32.2. The monoisotopic (exact) mass is 424 g/mol. The summed E-state index contributed by atoms with van der Waals surface area (Å²) in [4.78, 5) is 13.2. The normalized spacial score (nSPS) is 12.4. The molecule has 0 radical (unpaired) electrons. The van der Waals surface area contributed by atoms with Crippen LogP contribution >= 0.6 is 0 Å².